The molecule has 1 amide bonds. The van der Waals surface area contributed by atoms with Crippen LogP contribution in [0.15, 0.2) is 54.6 Å². The monoisotopic (exact) mass is 448 g/mol. The zero-order chi connectivity index (χ0) is 23.4. The van der Waals surface area contributed by atoms with Gasteiger partial charge in [0, 0.05) is 49.5 Å². The van der Waals surface area contributed by atoms with Gasteiger partial charge in [0.25, 0.3) is 5.91 Å². The number of piperazine rings is 1. The number of aromatic nitrogens is 1. The molecule has 6 heteroatoms. The molecule has 1 aliphatic rings. The molecule has 0 unspecified atom stereocenters. The lowest BCUT2D eigenvalue weighted by Gasteiger charge is -2.36. The van der Waals surface area contributed by atoms with E-state index in [1.165, 1.54) is 6.07 Å². The summed E-state index contributed by atoms with van der Waals surface area (Å²) in [7, 11) is 0. The fraction of sp³-hybridized carbons (Fsp3) is 0.370. The predicted octanol–water partition coefficient (Wildman–Crippen LogP) is 4.36. The number of hydrogen-bond donors (Lipinski definition) is 1. The van der Waals surface area contributed by atoms with E-state index in [4.69, 9.17) is 0 Å². The van der Waals surface area contributed by atoms with Crippen LogP contribution in [0.5, 0.6) is 0 Å². The molecule has 0 aliphatic carbocycles. The largest absolute Gasteiger partial charge is 0.367 e. The molecule has 1 N–H and O–H groups in total. The number of nitrogens with one attached hydrogen (secondary N) is 1. The number of hydrogen-bond acceptors (Lipinski definition) is 3. The van der Waals surface area contributed by atoms with E-state index in [0.29, 0.717) is 24.3 Å². The predicted molar refractivity (Wildman–Crippen MR) is 131 cm³/mol. The van der Waals surface area contributed by atoms with Crippen molar-refractivity contribution in [2.75, 3.05) is 37.6 Å². The molecule has 1 saturated heterocycles. The Balaban J connectivity index is 1.68. The van der Waals surface area contributed by atoms with Crippen LogP contribution in [0.4, 0.5) is 10.1 Å². The molecule has 1 fully saturated rings. The zero-order valence-corrected chi connectivity index (χ0v) is 19.8. The third-order valence-corrected chi connectivity index (χ3v) is 6.66. The van der Waals surface area contributed by atoms with Gasteiger partial charge in [0.05, 0.1) is 12.2 Å². The lowest BCUT2D eigenvalue weighted by atomic mass is 10.1. The molecule has 33 heavy (non-hydrogen) atoms. The van der Waals surface area contributed by atoms with Gasteiger partial charge in [0.15, 0.2) is 0 Å². The average molecular weight is 449 g/mol. The number of nitrogens with zero attached hydrogens (tertiary/aromatic N) is 3. The molecule has 4 rings (SSSR count). The highest BCUT2D eigenvalue weighted by Crippen LogP contribution is 2.32. The van der Waals surface area contributed by atoms with Gasteiger partial charge >= 0.3 is 0 Å². The highest BCUT2D eigenvalue weighted by molar-refractivity contribution is 5.96. The van der Waals surface area contributed by atoms with E-state index in [1.54, 1.807) is 12.1 Å². The van der Waals surface area contributed by atoms with Gasteiger partial charge in [-0.05, 0) is 32.0 Å². The van der Waals surface area contributed by atoms with Crippen LogP contribution in [0, 0.1) is 19.7 Å². The maximum Gasteiger partial charge on any atom is 0.268 e. The van der Waals surface area contributed by atoms with Gasteiger partial charge in [-0.25, -0.2) is 4.39 Å². The fourth-order valence-electron chi connectivity index (χ4n) is 4.78. The maximum atomic E-state index is 14.5. The Morgan fingerprint density at radius 1 is 0.970 bits per heavy atom. The summed E-state index contributed by atoms with van der Waals surface area (Å²) in [5, 5.41) is 3.08. The number of halogens is 1. The molecular formula is C27H33FN4O. The van der Waals surface area contributed by atoms with E-state index in [2.05, 4.69) is 22.0 Å². The Morgan fingerprint density at radius 2 is 1.64 bits per heavy atom. The van der Waals surface area contributed by atoms with Gasteiger partial charge in [-0.1, -0.05) is 55.5 Å². The van der Waals surface area contributed by atoms with Crippen LogP contribution in [0.2, 0.25) is 0 Å². The minimum atomic E-state index is -0.253. The summed E-state index contributed by atoms with van der Waals surface area (Å²) in [4.78, 5) is 18.2. The maximum absolute atomic E-state index is 14.5. The summed E-state index contributed by atoms with van der Waals surface area (Å²) in [6.07, 6.45) is 0. The van der Waals surface area contributed by atoms with Crippen molar-refractivity contribution in [1.29, 1.82) is 0 Å². The minimum Gasteiger partial charge on any atom is -0.367 e. The van der Waals surface area contributed by atoms with Gasteiger partial charge < -0.3 is 19.7 Å². The Morgan fingerprint density at radius 3 is 2.30 bits per heavy atom. The fourth-order valence-corrected chi connectivity index (χ4v) is 4.78. The van der Waals surface area contributed by atoms with Crippen LogP contribution >= 0.6 is 0 Å². The molecule has 1 aliphatic heterocycles. The number of anilines is 1. The van der Waals surface area contributed by atoms with Crippen molar-refractivity contribution in [2.45, 2.75) is 33.9 Å². The molecule has 1 aromatic heterocycles. The third kappa shape index (κ3) is 4.96. The van der Waals surface area contributed by atoms with Crippen LogP contribution in [-0.4, -0.2) is 48.1 Å². The minimum absolute atomic E-state index is 0.130. The smallest absolute Gasteiger partial charge is 0.268 e. The molecule has 0 atom stereocenters. The van der Waals surface area contributed by atoms with Crippen molar-refractivity contribution in [3.05, 3.63) is 88.5 Å². The van der Waals surface area contributed by atoms with Crippen molar-refractivity contribution in [3.63, 3.8) is 0 Å². The Labute approximate surface area is 195 Å². The van der Waals surface area contributed by atoms with Crippen LogP contribution < -0.4 is 10.2 Å². The Bertz CT molecular complexity index is 1100. The van der Waals surface area contributed by atoms with Gasteiger partial charge in [-0.2, -0.15) is 0 Å². The van der Waals surface area contributed by atoms with Gasteiger partial charge in [-0.15, -0.1) is 0 Å². The van der Waals surface area contributed by atoms with Crippen molar-refractivity contribution in [2.24, 2.45) is 0 Å². The van der Waals surface area contributed by atoms with Crippen LogP contribution in [0.1, 0.15) is 39.8 Å². The number of carbonyl (C=O) groups is 1. The van der Waals surface area contributed by atoms with Gasteiger partial charge in [-0.3, -0.25) is 4.79 Å². The van der Waals surface area contributed by atoms with Crippen molar-refractivity contribution >= 4 is 11.6 Å². The number of rotatable bonds is 7. The molecule has 2 aromatic carbocycles. The second-order valence-corrected chi connectivity index (χ2v) is 8.67. The molecular weight excluding hydrogens is 415 g/mol. The summed E-state index contributed by atoms with van der Waals surface area (Å²) >= 11 is 0. The summed E-state index contributed by atoms with van der Waals surface area (Å²) in [5.74, 6) is -0.383. The molecule has 0 spiro atoms. The SMILES string of the molecule is CCN1CCN(c2c(C)c(C(=O)NCc3ccccc3)n(Cc3ccccc3F)c2C)CC1. The molecule has 174 valence electrons. The first-order valence-electron chi connectivity index (χ1n) is 11.7. The first-order chi connectivity index (χ1) is 16.0. The number of amides is 1. The lowest BCUT2D eigenvalue weighted by molar-refractivity contribution is 0.0941. The van der Waals surface area contributed by atoms with E-state index in [9.17, 15) is 9.18 Å². The first-order valence-corrected chi connectivity index (χ1v) is 11.7. The average Bonchev–Trinajstić information content (AvgIpc) is 3.09. The molecule has 5 nitrogen and oxygen atoms in total. The van der Waals surface area contributed by atoms with E-state index < -0.39 is 0 Å². The normalized spacial score (nSPS) is 14.5. The zero-order valence-electron chi connectivity index (χ0n) is 19.8. The highest BCUT2D eigenvalue weighted by Gasteiger charge is 2.28. The quantitative estimate of drug-likeness (QED) is 0.584. The Kier molecular flexibility index (Phi) is 7.14. The van der Waals surface area contributed by atoms with E-state index in [-0.39, 0.29) is 11.7 Å². The molecule has 3 aromatic rings. The van der Waals surface area contributed by atoms with E-state index >= 15 is 0 Å². The summed E-state index contributed by atoms with van der Waals surface area (Å²) in [6.45, 7) is 11.9. The van der Waals surface area contributed by atoms with Crippen molar-refractivity contribution < 1.29 is 9.18 Å². The molecule has 0 bridgehead atoms. The highest BCUT2D eigenvalue weighted by atomic mass is 19.1. The lowest BCUT2D eigenvalue weighted by Crippen LogP contribution is -2.46. The number of benzene rings is 2. The Hall–Kier alpha value is -3.12. The first kappa shape index (κ1) is 23.1. The second-order valence-electron chi connectivity index (χ2n) is 8.67. The van der Waals surface area contributed by atoms with Crippen LogP contribution in [0.25, 0.3) is 0 Å². The molecule has 2 heterocycles. The summed E-state index contributed by atoms with van der Waals surface area (Å²) < 4.78 is 16.5. The number of carbonyl (C=O) groups excluding carboxylic acids is 1. The third-order valence-electron chi connectivity index (χ3n) is 6.66. The molecule has 0 radical (unpaired) electrons. The van der Waals surface area contributed by atoms with Crippen molar-refractivity contribution in [1.82, 2.24) is 14.8 Å². The summed E-state index contributed by atoms with van der Waals surface area (Å²) in [5.41, 5.74) is 5.30. The summed E-state index contributed by atoms with van der Waals surface area (Å²) in [6, 6.07) is 16.7. The van der Waals surface area contributed by atoms with Crippen LogP contribution in [-0.2, 0) is 13.1 Å². The second kappa shape index (κ2) is 10.2. The van der Waals surface area contributed by atoms with Crippen molar-refractivity contribution in [3.8, 4) is 0 Å². The van der Waals surface area contributed by atoms with E-state index in [0.717, 1.165) is 55.2 Å². The topological polar surface area (TPSA) is 40.5 Å². The van der Waals surface area contributed by atoms with E-state index in [1.807, 2.05) is 54.8 Å². The van der Waals surface area contributed by atoms with Crippen LogP contribution in [0.3, 0.4) is 0 Å². The molecule has 0 saturated carbocycles. The number of likely N-dealkylation sites (N-methyl/N-ethyl adjacent to an activating group) is 1. The van der Waals surface area contributed by atoms with Gasteiger partial charge in [0.1, 0.15) is 11.5 Å². The standard InChI is InChI=1S/C27H33FN4O/c1-4-30-14-16-31(17-15-30)25-20(2)26(27(33)29-18-22-10-6-5-7-11-22)32(21(25)3)19-23-12-8-9-13-24(23)28/h5-13H,4,14-19H2,1-3H3,(H,29,33). The van der Waals surface area contributed by atoms with Gasteiger partial charge in [0.2, 0.25) is 0 Å².